The van der Waals surface area contributed by atoms with Crippen molar-refractivity contribution < 1.29 is 46.3 Å². The SMILES string of the molecule is CC1(C)[C@H](CC(=O)/C(=N\O[C@@H](COc2ccc3c(c2)CN(C(N)=NCCCN)C3)C(=O)O)c2csc(N)n2)C(=O)N1OS(=O)(=O)O. The van der Waals surface area contributed by atoms with Crippen LogP contribution in [0.25, 0.3) is 0 Å². The zero-order valence-electron chi connectivity index (χ0n) is 24.9. The number of benzene rings is 1. The summed E-state index contributed by atoms with van der Waals surface area (Å²) in [5.74, 6) is -3.41. The van der Waals surface area contributed by atoms with Gasteiger partial charge in [-0.2, -0.15) is 13.5 Å². The molecule has 2 aliphatic heterocycles. The van der Waals surface area contributed by atoms with Gasteiger partial charge in [0.05, 0.1) is 11.5 Å². The van der Waals surface area contributed by atoms with E-state index in [2.05, 4.69) is 19.4 Å². The van der Waals surface area contributed by atoms with E-state index in [9.17, 15) is 27.9 Å². The van der Waals surface area contributed by atoms with E-state index in [0.29, 0.717) is 43.0 Å². The van der Waals surface area contributed by atoms with Crippen LogP contribution in [-0.4, -0.2) is 93.7 Å². The van der Waals surface area contributed by atoms with E-state index in [1.54, 1.807) is 12.1 Å². The Morgan fingerprint density at radius 3 is 2.59 bits per heavy atom. The molecule has 1 fully saturated rings. The third kappa shape index (κ3) is 8.07. The fraction of sp³-hybridized carbons (Fsp3) is 0.462. The zero-order valence-corrected chi connectivity index (χ0v) is 26.5. The summed E-state index contributed by atoms with van der Waals surface area (Å²) in [4.78, 5) is 53.4. The lowest BCUT2D eigenvalue weighted by Crippen LogP contribution is -2.68. The van der Waals surface area contributed by atoms with Crippen LogP contribution in [0.5, 0.6) is 5.75 Å². The van der Waals surface area contributed by atoms with Gasteiger partial charge in [-0.1, -0.05) is 11.2 Å². The Morgan fingerprint density at radius 1 is 1.26 bits per heavy atom. The normalized spacial score (nSPS) is 18.6. The number of carbonyl (C=O) groups is 3. The number of anilines is 1. The van der Waals surface area contributed by atoms with Gasteiger partial charge in [0, 0.05) is 31.4 Å². The van der Waals surface area contributed by atoms with Crippen LogP contribution in [0.4, 0.5) is 5.13 Å². The quantitative estimate of drug-likeness (QED) is 0.0409. The Balaban J connectivity index is 1.44. The second-order valence-corrected chi connectivity index (χ2v) is 12.8. The van der Waals surface area contributed by atoms with Crippen LogP contribution >= 0.6 is 11.3 Å². The molecule has 0 spiro atoms. The molecule has 18 nitrogen and oxygen atoms in total. The molecule has 3 heterocycles. The van der Waals surface area contributed by atoms with Crippen molar-refractivity contribution in [3.8, 4) is 5.75 Å². The van der Waals surface area contributed by atoms with E-state index in [0.717, 1.165) is 28.9 Å². The third-order valence-electron chi connectivity index (χ3n) is 7.27. The molecule has 1 aromatic carbocycles. The highest BCUT2D eigenvalue weighted by Crippen LogP contribution is 2.40. The summed E-state index contributed by atoms with van der Waals surface area (Å²) in [6, 6.07) is 5.26. The molecular weight excluding hydrogens is 648 g/mol. The molecule has 1 amide bonds. The molecule has 0 radical (unpaired) electrons. The number of rotatable bonds is 15. The number of β-lactam (4-membered cyclic amide) rings is 1. The van der Waals surface area contributed by atoms with Crippen molar-refractivity contribution in [1.82, 2.24) is 14.9 Å². The van der Waals surface area contributed by atoms with Gasteiger partial charge in [-0.15, -0.1) is 15.6 Å². The average Bonchev–Trinajstić information content (AvgIpc) is 3.61. The van der Waals surface area contributed by atoms with Crippen LogP contribution in [0.2, 0.25) is 0 Å². The monoisotopic (exact) mass is 682 g/mol. The number of carbonyl (C=O) groups excluding carboxylic acids is 2. The Bertz CT molecular complexity index is 1660. The first-order valence-corrected chi connectivity index (χ1v) is 16.1. The summed E-state index contributed by atoms with van der Waals surface area (Å²) >= 11 is 0.984. The molecule has 20 heteroatoms. The van der Waals surface area contributed by atoms with Crippen molar-refractivity contribution in [3.05, 3.63) is 40.4 Å². The van der Waals surface area contributed by atoms with E-state index in [1.807, 2.05) is 11.0 Å². The Morgan fingerprint density at radius 2 is 1.98 bits per heavy atom. The number of aromatic nitrogens is 1. The van der Waals surface area contributed by atoms with E-state index in [1.165, 1.54) is 19.2 Å². The molecule has 4 rings (SSSR count). The molecule has 2 atom stereocenters. The number of amides is 1. The summed E-state index contributed by atoms with van der Waals surface area (Å²) in [5.41, 5.74) is 17.5. The average molecular weight is 683 g/mol. The molecule has 0 aliphatic carbocycles. The van der Waals surface area contributed by atoms with Gasteiger partial charge in [0.25, 0.3) is 12.0 Å². The van der Waals surface area contributed by atoms with E-state index < -0.39 is 64.4 Å². The van der Waals surface area contributed by atoms with Crippen LogP contribution in [0.15, 0.2) is 33.7 Å². The van der Waals surface area contributed by atoms with E-state index in [-0.39, 0.29) is 10.8 Å². The third-order valence-corrected chi connectivity index (χ3v) is 8.28. The lowest BCUT2D eigenvalue weighted by molar-refractivity contribution is -0.228. The van der Waals surface area contributed by atoms with Crippen molar-refractivity contribution in [2.45, 2.75) is 51.4 Å². The van der Waals surface area contributed by atoms with E-state index >= 15 is 0 Å². The Hall–Kier alpha value is -4.37. The number of aliphatic carboxylic acids is 1. The number of nitrogen functional groups attached to an aromatic ring is 1. The number of Topliss-reactive ketones (excluding diaryl/α,β-unsaturated/α-hetero) is 1. The van der Waals surface area contributed by atoms with Crippen LogP contribution in [0.3, 0.4) is 0 Å². The standard InChI is InChI=1S/C26H34N8O10S2/c1-26(2)17(22(36)34(26)44-46(39,40)41)9-19(35)21(18-13-45-25(29)31-18)32-43-20(23(37)38)12-42-16-5-4-14-10-33(11-15(14)8-16)24(28)30-7-3-6-27/h4-5,8,13,17,20H,3,6-7,9-12,27H2,1-2H3,(H2,28,30)(H2,29,31)(H,37,38)(H,39,40,41)/b32-21-/t17-,20+/m1/s1. The minimum Gasteiger partial charge on any atom is -0.489 e. The number of carboxylic acid groups (broad SMARTS) is 1. The zero-order chi connectivity index (χ0) is 33.8. The highest BCUT2D eigenvalue weighted by molar-refractivity contribution is 7.80. The number of nitrogens with two attached hydrogens (primary N) is 3. The van der Waals surface area contributed by atoms with Gasteiger partial charge in [0.1, 0.15) is 18.1 Å². The Labute approximate surface area is 267 Å². The number of guanidine groups is 1. The number of hydrogen-bond donors (Lipinski definition) is 5. The molecule has 2 aromatic rings. The molecular formula is C26H34N8O10S2. The maximum atomic E-state index is 13.3. The number of hydrogen-bond acceptors (Lipinski definition) is 14. The minimum atomic E-state index is -4.99. The topological polar surface area (TPSA) is 276 Å². The number of fused-ring (bicyclic) bond motifs is 1. The maximum absolute atomic E-state index is 13.3. The molecule has 1 saturated heterocycles. The van der Waals surface area contributed by atoms with Gasteiger partial charge in [-0.25, -0.2) is 9.78 Å². The largest absolute Gasteiger partial charge is 0.489 e. The van der Waals surface area contributed by atoms with E-state index in [4.69, 9.17) is 31.3 Å². The molecule has 0 bridgehead atoms. The van der Waals surface area contributed by atoms with Gasteiger partial charge in [0.15, 0.2) is 22.6 Å². The van der Waals surface area contributed by atoms with Gasteiger partial charge < -0.3 is 36.8 Å². The molecule has 250 valence electrons. The molecule has 2 aliphatic rings. The number of aliphatic imine (C=N–C) groups is 1. The summed E-state index contributed by atoms with van der Waals surface area (Å²) in [7, 11) is -4.99. The van der Waals surface area contributed by atoms with Crippen LogP contribution in [0.1, 0.15) is 43.5 Å². The fourth-order valence-corrected chi connectivity index (χ4v) is 5.73. The van der Waals surface area contributed by atoms with Gasteiger partial charge in [0.2, 0.25) is 0 Å². The molecule has 0 unspecified atom stereocenters. The summed E-state index contributed by atoms with van der Waals surface area (Å²) in [6.45, 7) is 4.43. The highest BCUT2D eigenvalue weighted by Gasteiger charge is 2.57. The van der Waals surface area contributed by atoms with Gasteiger partial charge in [-0.05, 0) is 50.1 Å². The minimum absolute atomic E-state index is 0.0257. The molecule has 8 N–H and O–H groups in total. The molecule has 0 saturated carbocycles. The van der Waals surface area contributed by atoms with Gasteiger partial charge >= 0.3 is 16.4 Å². The number of ether oxygens (including phenoxy) is 1. The summed E-state index contributed by atoms with van der Waals surface area (Å²) in [6.07, 6.45) is -1.44. The number of ketones is 1. The first-order valence-electron chi connectivity index (χ1n) is 13.8. The lowest BCUT2D eigenvalue weighted by Gasteiger charge is -2.50. The van der Waals surface area contributed by atoms with Gasteiger partial charge in [-0.3, -0.25) is 19.1 Å². The van der Waals surface area contributed by atoms with Crippen LogP contribution in [-0.2, 0) is 47.0 Å². The predicted molar refractivity (Wildman–Crippen MR) is 164 cm³/mol. The number of nitrogens with zero attached hydrogens (tertiary/aromatic N) is 5. The lowest BCUT2D eigenvalue weighted by atomic mass is 9.74. The summed E-state index contributed by atoms with van der Waals surface area (Å²) in [5, 5.41) is 15.5. The number of thiazole rings is 1. The van der Waals surface area contributed by atoms with Crippen molar-refractivity contribution in [1.29, 1.82) is 0 Å². The molecule has 46 heavy (non-hydrogen) atoms. The number of oxime groups is 1. The summed E-state index contributed by atoms with van der Waals surface area (Å²) < 4.78 is 41.2. The molecule has 1 aromatic heterocycles. The van der Waals surface area contributed by atoms with Crippen LogP contribution in [0, 0.1) is 5.92 Å². The first-order chi connectivity index (χ1) is 21.6. The van der Waals surface area contributed by atoms with Crippen molar-refractivity contribution in [3.63, 3.8) is 0 Å². The van der Waals surface area contributed by atoms with Crippen molar-refractivity contribution in [2.75, 3.05) is 25.4 Å². The Kier molecular flexibility index (Phi) is 10.5. The number of hydroxylamine groups is 2. The first kappa shape index (κ1) is 34.5. The van der Waals surface area contributed by atoms with Crippen molar-refractivity contribution in [2.24, 2.45) is 27.5 Å². The fourth-order valence-electron chi connectivity index (χ4n) is 4.73. The van der Waals surface area contributed by atoms with Crippen molar-refractivity contribution >= 4 is 56.2 Å². The highest BCUT2D eigenvalue weighted by atomic mass is 32.3. The van der Waals surface area contributed by atoms with Crippen LogP contribution < -0.4 is 21.9 Å². The predicted octanol–water partition coefficient (Wildman–Crippen LogP) is -0.112. The maximum Gasteiger partial charge on any atom is 0.418 e. The smallest absolute Gasteiger partial charge is 0.418 e. The number of carboxylic acids is 1. The second kappa shape index (κ2) is 14.0. The second-order valence-electron chi connectivity index (χ2n) is 10.9.